The van der Waals surface area contributed by atoms with E-state index in [1.165, 1.54) is 18.2 Å². The Bertz CT molecular complexity index is 538. The number of nitrogen functional groups attached to an aromatic ring is 1. The summed E-state index contributed by atoms with van der Waals surface area (Å²) in [7, 11) is -3.51. The van der Waals surface area contributed by atoms with Gasteiger partial charge in [0.05, 0.1) is 15.6 Å². The number of rotatable bonds is 3. The van der Waals surface area contributed by atoms with E-state index in [1.54, 1.807) is 0 Å². The molecule has 0 aromatic heterocycles. The molecule has 1 aromatic rings. The summed E-state index contributed by atoms with van der Waals surface area (Å²) in [5.74, 6) is 0. The summed E-state index contributed by atoms with van der Waals surface area (Å²) < 4.78 is 26.9. The molecular weight excluding hydrogens is 260 g/mol. The van der Waals surface area contributed by atoms with Crippen molar-refractivity contribution in [2.45, 2.75) is 36.6 Å². The third-order valence-corrected chi connectivity index (χ3v) is 5.08. The van der Waals surface area contributed by atoms with E-state index in [0.29, 0.717) is 5.69 Å². The smallest absolute Gasteiger partial charge is 0.241 e. The van der Waals surface area contributed by atoms with Crippen molar-refractivity contribution in [2.75, 3.05) is 5.73 Å². The molecule has 94 valence electrons. The Morgan fingerprint density at radius 2 is 2.06 bits per heavy atom. The van der Waals surface area contributed by atoms with E-state index in [4.69, 9.17) is 17.3 Å². The molecule has 0 bridgehead atoms. The molecule has 0 aliphatic heterocycles. The lowest BCUT2D eigenvalue weighted by atomic mass is 9.80. The third kappa shape index (κ3) is 2.56. The maximum absolute atomic E-state index is 12.1. The van der Waals surface area contributed by atoms with Gasteiger partial charge in [0, 0.05) is 5.54 Å². The molecule has 0 spiro atoms. The first-order valence-electron chi connectivity index (χ1n) is 5.41. The maximum atomic E-state index is 12.1. The zero-order valence-corrected chi connectivity index (χ0v) is 11.1. The molecule has 3 N–H and O–H groups in total. The molecule has 0 heterocycles. The predicted molar refractivity (Wildman–Crippen MR) is 68.4 cm³/mol. The summed E-state index contributed by atoms with van der Waals surface area (Å²) in [6.07, 6.45) is 2.80. The van der Waals surface area contributed by atoms with Crippen molar-refractivity contribution in [3.05, 3.63) is 23.2 Å². The van der Waals surface area contributed by atoms with E-state index in [-0.39, 0.29) is 15.5 Å². The SMILES string of the molecule is CC1(NS(=O)(=O)c2ccc(N)c(Cl)c2)CCC1. The molecule has 0 unspecified atom stereocenters. The van der Waals surface area contributed by atoms with Gasteiger partial charge >= 0.3 is 0 Å². The summed E-state index contributed by atoms with van der Waals surface area (Å²) in [6, 6.07) is 4.34. The second-order valence-electron chi connectivity index (χ2n) is 4.70. The van der Waals surface area contributed by atoms with Gasteiger partial charge in [-0.2, -0.15) is 0 Å². The van der Waals surface area contributed by atoms with Gasteiger partial charge in [-0.1, -0.05) is 11.6 Å². The standard InChI is InChI=1S/C11H15ClN2O2S/c1-11(5-2-6-11)14-17(15,16)8-3-4-10(13)9(12)7-8/h3-4,7,14H,2,5-6,13H2,1H3. The number of benzene rings is 1. The van der Waals surface area contributed by atoms with Crippen molar-refractivity contribution in [3.8, 4) is 0 Å². The van der Waals surface area contributed by atoms with Crippen LogP contribution in [0.3, 0.4) is 0 Å². The average Bonchev–Trinajstić information content (AvgIpc) is 2.19. The van der Waals surface area contributed by atoms with Crippen LogP contribution < -0.4 is 10.5 Å². The monoisotopic (exact) mass is 274 g/mol. The Morgan fingerprint density at radius 3 is 2.53 bits per heavy atom. The van der Waals surface area contributed by atoms with Crippen LogP contribution in [0.2, 0.25) is 5.02 Å². The Kier molecular flexibility index (Phi) is 3.10. The Hall–Kier alpha value is -0.780. The first-order chi connectivity index (χ1) is 7.82. The molecule has 4 nitrogen and oxygen atoms in total. The minimum atomic E-state index is -3.51. The molecule has 1 aliphatic rings. The first kappa shape index (κ1) is 12.7. The Labute approximate surface area is 106 Å². The topological polar surface area (TPSA) is 72.2 Å². The summed E-state index contributed by atoms with van der Waals surface area (Å²) in [4.78, 5) is 0.157. The lowest BCUT2D eigenvalue weighted by Crippen LogP contribution is -2.50. The fourth-order valence-corrected chi connectivity index (χ4v) is 3.60. The molecule has 17 heavy (non-hydrogen) atoms. The molecule has 6 heteroatoms. The van der Waals surface area contributed by atoms with Crippen molar-refractivity contribution < 1.29 is 8.42 Å². The minimum absolute atomic E-state index is 0.157. The summed E-state index contributed by atoms with van der Waals surface area (Å²) in [5.41, 5.74) is 5.61. The number of nitrogens with two attached hydrogens (primary N) is 1. The first-order valence-corrected chi connectivity index (χ1v) is 7.28. The molecule has 1 fully saturated rings. The van der Waals surface area contributed by atoms with Crippen LogP contribution >= 0.6 is 11.6 Å². The van der Waals surface area contributed by atoms with Crippen molar-refractivity contribution in [3.63, 3.8) is 0 Å². The van der Waals surface area contributed by atoms with Crippen LogP contribution in [0.15, 0.2) is 23.1 Å². The van der Waals surface area contributed by atoms with Crippen LogP contribution in [0.5, 0.6) is 0 Å². The number of sulfonamides is 1. The van der Waals surface area contributed by atoms with Crippen LogP contribution in [0, 0.1) is 0 Å². The van der Waals surface area contributed by atoms with E-state index < -0.39 is 10.0 Å². The van der Waals surface area contributed by atoms with Crippen molar-refractivity contribution >= 4 is 27.3 Å². The van der Waals surface area contributed by atoms with Gasteiger partial charge in [-0.3, -0.25) is 0 Å². The highest BCUT2D eigenvalue weighted by atomic mass is 35.5. The normalized spacial score (nSPS) is 18.7. The molecule has 1 aliphatic carbocycles. The van der Waals surface area contributed by atoms with Gasteiger partial charge in [0.15, 0.2) is 0 Å². The largest absolute Gasteiger partial charge is 0.398 e. The molecule has 0 radical (unpaired) electrons. The lowest BCUT2D eigenvalue weighted by molar-refractivity contribution is 0.248. The number of anilines is 1. The minimum Gasteiger partial charge on any atom is -0.398 e. The highest BCUT2D eigenvalue weighted by Gasteiger charge is 2.36. The van der Waals surface area contributed by atoms with Crippen molar-refractivity contribution in [2.24, 2.45) is 0 Å². The van der Waals surface area contributed by atoms with Crippen LogP contribution in [0.25, 0.3) is 0 Å². The number of nitrogens with one attached hydrogen (secondary N) is 1. The molecule has 2 rings (SSSR count). The van der Waals surface area contributed by atoms with E-state index in [2.05, 4.69) is 4.72 Å². The van der Waals surface area contributed by atoms with E-state index in [9.17, 15) is 8.42 Å². The van der Waals surface area contributed by atoms with E-state index >= 15 is 0 Å². The number of hydrogen-bond donors (Lipinski definition) is 2. The van der Waals surface area contributed by atoms with Gasteiger partial charge in [-0.25, -0.2) is 13.1 Å². The van der Waals surface area contributed by atoms with Crippen LogP contribution in [-0.4, -0.2) is 14.0 Å². The zero-order valence-electron chi connectivity index (χ0n) is 9.53. The van der Waals surface area contributed by atoms with Crippen LogP contribution in [-0.2, 0) is 10.0 Å². The third-order valence-electron chi connectivity index (χ3n) is 3.12. The average molecular weight is 275 g/mol. The quantitative estimate of drug-likeness (QED) is 0.830. The van der Waals surface area contributed by atoms with E-state index in [0.717, 1.165) is 19.3 Å². The number of hydrogen-bond acceptors (Lipinski definition) is 3. The predicted octanol–water partition coefficient (Wildman–Crippen LogP) is 2.14. The van der Waals surface area contributed by atoms with Gasteiger partial charge in [0.25, 0.3) is 0 Å². The van der Waals surface area contributed by atoms with Gasteiger partial charge in [-0.15, -0.1) is 0 Å². The fraction of sp³-hybridized carbons (Fsp3) is 0.455. The zero-order chi connectivity index (χ0) is 12.7. The van der Waals surface area contributed by atoms with E-state index in [1.807, 2.05) is 6.92 Å². The Balaban J connectivity index is 2.28. The highest BCUT2D eigenvalue weighted by molar-refractivity contribution is 7.89. The fourth-order valence-electron chi connectivity index (χ4n) is 1.87. The highest BCUT2D eigenvalue weighted by Crippen LogP contribution is 2.33. The molecule has 0 amide bonds. The van der Waals surface area contributed by atoms with Gasteiger partial charge in [0.1, 0.15) is 0 Å². The van der Waals surface area contributed by atoms with Gasteiger partial charge in [-0.05, 0) is 44.4 Å². The number of halogens is 1. The molecule has 1 saturated carbocycles. The Morgan fingerprint density at radius 1 is 1.41 bits per heavy atom. The maximum Gasteiger partial charge on any atom is 0.241 e. The van der Waals surface area contributed by atoms with Crippen LogP contribution in [0.1, 0.15) is 26.2 Å². The molecular formula is C11H15ClN2O2S. The summed E-state index contributed by atoms with van der Waals surface area (Å²) in [6.45, 7) is 1.91. The molecule has 0 atom stereocenters. The lowest BCUT2D eigenvalue weighted by Gasteiger charge is -2.38. The molecule has 0 saturated heterocycles. The molecule has 1 aromatic carbocycles. The van der Waals surface area contributed by atoms with Crippen LogP contribution in [0.4, 0.5) is 5.69 Å². The second-order valence-corrected chi connectivity index (χ2v) is 6.79. The van der Waals surface area contributed by atoms with Gasteiger partial charge < -0.3 is 5.73 Å². The summed E-state index contributed by atoms with van der Waals surface area (Å²) >= 11 is 5.82. The van der Waals surface area contributed by atoms with Crippen molar-refractivity contribution in [1.29, 1.82) is 0 Å². The van der Waals surface area contributed by atoms with Crippen molar-refractivity contribution in [1.82, 2.24) is 4.72 Å². The van der Waals surface area contributed by atoms with Gasteiger partial charge in [0.2, 0.25) is 10.0 Å². The second kappa shape index (κ2) is 4.15. The summed E-state index contributed by atoms with van der Waals surface area (Å²) in [5, 5.41) is 0.256.